The van der Waals surface area contributed by atoms with E-state index in [1.807, 2.05) is 30.0 Å². The summed E-state index contributed by atoms with van der Waals surface area (Å²) >= 11 is 3.51. The fourth-order valence-corrected chi connectivity index (χ4v) is 3.25. The topological polar surface area (TPSA) is 58.1 Å². The van der Waals surface area contributed by atoms with Crippen LogP contribution >= 0.6 is 15.9 Å². The number of hydrogen-bond donors (Lipinski definition) is 1. The molecule has 1 amide bonds. The summed E-state index contributed by atoms with van der Waals surface area (Å²) in [7, 11) is 0. The number of aryl methyl sites for hydroxylation is 1. The van der Waals surface area contributed by atoms with Crippen molar-refractivity contribution in [1.29, 1.82) is 0 Å². The number of nitrogens with zero attached hydrogens (tertiary/aromatic N) is 3. The Bertz CT molecular complexity index is 732. The summed E-state index contributed by atoms with van der Waals surface area (Å²) in [5, 5.41) is 11.4. The van der Waals surface area contributed by atoms with E-state index in [2.05, 4.69) is 38.4 Å². The molecule has 24 heavy (non-hydrogen) atoms. The smallest absolute Gasteiger partial charge is 0.274 e. The van der Waals surface area contributed by atoms with Gasteiger partial charge in [0.1, 0.15) is 0 Å². The molecule has 1 aliphatic heterocycles. The molecular formula is C18H21BrN4O. The molecule has 1 atom stereocenters. The first kappa shape index (κ1) is 16.9. The molecule has 126 valence electrons. The predicted molar refractivity (Wildman–Crippen MR) is 98.5 cm³/mol. The largest absolute Gasteiger partial charge is 0.339 e. The number of hydrogen-bond acceptors (Lipinski definition) is 4. The van der Waals surface area contributed by atoms with Crippen molar-refractivity contribution in [3.05, 3.63) is 46.1 Å². The van der Waals surface area contributed by atoms with Crippen LogP contribution in [-0.4, -0.2) is 34.1 Å². The number of carbonyl (C=O) groups excluding carboxylic acids is 1. The highest BCUT2D eigenvalue weighted by atomic mass is 79.9. The van der Waals surface area contributed by atoms with Crippen LogP contribution in [0.15, 0.2) is 34.8 Å². The van der Waals surface area contributed by atoms with E-state index < -0.39 is 0 Å². The molecule has 0 radical (unpaired) electrons. The summed E-state index contributed by atoms with van der Waals surface area (Å²) in [5.74, 6) is 1.14. The van der Waals surface area contributed by atoms with Crippen molar-refractivity contribution in [3.8, 4) is 0 Å². The summed E-state index contributed by atoms with van der Waals surface area (Å²) in [6.07, 6.45) is 2.24. The monoisotopic (exact) mass is 388 g/mol. The lowest BCUT2D eigenvalue weighted by Crippen LogP contribution is -2.39. The standard InChI is InChI=1S/C18H21BrN4O/c1-12-4-3-9-23(11-12)18(24)16-7-8-17(22-21-16)20-14-6-5-13(2)15(19)10-14/h5-8,10,12H,3-4,9,11H2,1-2H3,(H,20,22). The lowest BCUT2D eigenvalue weighted by molar-refractivity contribution is 0.0676. The Morgan fingerprint density at radius 2 is 2.12 bits per heavy atom. The molecule has 1 saturated heterocycles. The highest BCUT2D eigenvalue weighted by molar-refractivity contribution is 9.10. The molecule has 1 fully saturated rings. The number of anilines is 2. The molecule has 0 aliphatic carbocycles. The Kier molecular flexibility index (Phi) is 5.14. The van der Waals surface area contributed by atoms with Crippen LogP contribution in [-0.2, 0) is 0 Å². The van der Waals surface area contributed by atoms with Gasteiger partial charge in [0, 0.05) is 23.2 Å². The zero-order valence-corrected chi connectivity index (χ0v) is 15.5. The van der Waals surface area contributed by atoms with E-state index in [1.165, 1.54) is 12.0 Å². The maximum absolute atomic E-state index is 12.5. The van der Waals surface area contributed by atoms with Gasteiger partial charge in [0.05, 0.1) is 0 Å². The van der Waals surface area contributed by atoms with Gasteiger partial charge in [-0.1, -0.05) is 28.9 Å². The molecule has 0 bridgehead atoms. The van der Waals surface area contributed by atoms with Gasteiger partial charge in [-0.3, -0.25) is 4.79 Å². The third-order valence-electron chi connectivity index (χ3n) is 4.27. The van der Waals surface area contributed by atoms with E-state index in [4.69, 9.17) is 0 Å². The zero-order chi connectivity index (χ0) is 17.1. The van der Waals surface area contributed by atoms with E-state index in [9.17, 15) is 4.79 Å². The first-order valence-corrected chi connectivity index (χ1v) is 8.98. The first-order chi connectivity index (χ1) is 11.5. The Balaban J connectivity index is 1.68. The van der Waals surface area contributed by atoms with E-state index in [0.717, 1.165) is 29.7 Å². The van der Waals surface area contributed by atoms with Crippen LogP contribution in [0.5, 0.6) is 0 Å². The lowest BCUT2D eigenvalue weighted by atomic mass is 10.00. The molecule has 1 N–H and O–H groups in total. The van der Waals surface area contributed by atoms with Crippen LogP contribution in [0, 0.1) is 12.8 Å². The second-order valence-electron chi connectivity index (χ2n) is 6.39. The van der Waals surface area contributed by atoms with Gasteiger partial charge < -0.3 is 10.2 Å². The average Bonchev–Trinajstić information content (AvgIpc) is 2.58. The van der Waals surface area contributed by atoms with Gasteiger partial charge in [-0.15, -0.1) is 10.2 Å². The average molecular weight is 389 g/mol. The fourth-order valence-electron chi connectivity index (χ4n) is 2.87. The summed E-state index contributed by atoms with van der Waals surface area (Å²) in [5.41, 5.74) is 2.49. The van der Waals surface area contributed by atoms with Crippen LogP contribution in [0.3, 0.4) is 0 Å². The van der Waals surface area contributed by atoms with Crippen molar-refractivity contribution >= 4 is 33.3 Å². The Labute approximate surface area is 150 Å². The van der Waals surface area contributed by atoms with E-state index in [-0.39, 0.29) is 5.91 Å². The van der Waals surface area contributed by atoms with Gasteiger partial charge in [-0.25, -0.2) is 0 Å². The van der Waals surface area contributed by atoms with Crippen LogP contribution in [0.25, 0.3) is 0 Å². The molecular weight excluding hydrogens is 368 g/mol. The Morgan fingerprint density at radius 3 is 2.79 bits per heavy atom. The number of piperidine rings is 1. The van der Waals surface area contributed by atoms with Gasteiger partial charge >= 0.3 is 0 Å². The third-order valence-corrected chi connectivity index (χ3v) is 5.13. The fraction of sp³-hybridized carbons (Fsp3) is 0.389. The number of rotatable bonds is 3. The molecule has 3 rings (SSSR count). The summed E-state index contributed by atoms with van der Waals surface area (Å²) < 4.78 is 1.03. The molecule has 2 aromatic rings. The Morgan fingerprint density at radius 1 is 1.29 bits per heavy atom. The molecule has 0 saturated carbocycles. The highest BCUT2D eigenvalue weighted by Crippen LogP contribution is 2.23. The normalized spacial score (nSPS) is 17.6. The number of likely N-dealkylation sites (tertiary alicyclic amines) is 1. The maximum Gasteiger partial charge on any atom is 0.274 e. The van der Waals surface area contributed by atoms with E-state index in [1.54, 1.807) is 12.1 Å². The van der Waals surface area contributed by atoms with Crippen molar-refractivity contribution in [2.75, 3.05) is 18.4 Å². The molecule has 1 aromatic heterocycles. The number of benzene rings is 1. The molecule has 1 unspecified atom stereocenters. The second kappa shape index (κ2) is 7.30. The molecule has 6 heteroatoms. The summed E-state index contributed by atoms with van der Waals surface area (Å²) in [4.78, 5) is 14.4. The van der Waals surface area contributed by atoms with Crippen molar-refractivity contribution in [2.24, 2.45) is 5.92 Å². The van der Waals surface area contributed by atoms with Gasteiger partial charge in [-0.2, -0.15) is 0 Å². The van der Waals surface area contributed by atoms with Gasteiger partial charge in [-0.05, 0) is 55.5 Å². The minimum atomic E-state index is -0.0290. The van der Waals surface area contributed by atoms with Crippen molar-refractivity contribution < 1.29 is 4.79 Å². The van der Waals surface area contributed by atoms with Gasteiger partial charge in [0.15, 0.2) is 11.5 Å². The zero-order valence-electron chi connectivity index (χ0n) is 13.9. The molecule has 5 nitrogen and oxygen atoms in total. The van der Waals surface area contributed by atoms with Gasteiger partial charge in [0.25, 0.3) is 5.91 Å². The molecule has 2 heterocycles. The number of amides is 1. The summed E-state index contributed by atoms with van der Waals surface area (Å²) in [6, 6.07) is 9.53. The van der Waals surface area contributed by atoms with E-state index in [0.29, 0.717) is 17.4 Å². The van der Waals surface area contributed by atoms with Crippen LogP contribution < -0.4 is 5.32 Å². The number of carbonyl (C=O) groups is 1. The predicted octanol–water partition coefficient (Wildman–Crippen LogP) is 4.16. The quantitative estimate of drug-likeness (QED) is 0.857. The first-order valence-electron chi connectivity index (χ1n) is 8.19. The molecule has 0 spiro atoms. The van der Waals surface area contributed by atoms with Gasteiger partial charge in [0.2, 0.25) is 0 Å². The highest BCUT2D eigenvalue weighted by Gasteiger charge is 2.23. The SMILES string of the molecule is Cc1ccc(Nc2ccc(C(=O)N3CCCC(C)C3)nn2)cc1Br. The van der Waals surface area contributed by atoms with E-state index >= 15 is 0 Å². The minimum Gasteiger partial charge on any atom is -0.339 e. The van der Waals surface area contributed by atoms with Crippen molar-refractivity contribution in [2.45, 2.75) is 26.7 Å². The number of aromatic nitrogens is 2. The van der Waals surface area contributed by atoms with Crippen LogP contribution in [0.2, 0.25) is 0 Å². The van der Waals surface area contributed by atoms with Crippen molar-refractivity contribution in [3.63, 3.8) is 0 Å². The maximum atomic E-state index is 12.5. The number of halogens is 1. The minimum absolute atomic E-state index is 0.0290. The summed E-state index contributed by atoms with van der Waals surface area (Å²) in [6.45, 7) is 5.83. The molecule has 1 aromatic carbocycles. The third kappa shape index (κ3) is 3.93. The lowest BCUT2D eigenvalue weighted by Gasteiger charge is -2.30. The molecule has 1 aliphatic rings. The number of nitrogens with one attached hydrogen (secondary N) is 1. The Hall–Kier alpha value is -1.95. The van der Waals surface area contributed by atoms with Crippen LogP contribution in [0.1, 0.15) is 35.8 Å². The van der Waals surface area contributed by atoms with Crippen LogP contribution in [0.4, 0.5) is 11.5 Å². The van der Waals surface area contributed by atoms with Crippen molar-refractivity contribution in [1.82, 2.24) is 15.1 Å². The second-order valence-corrected chi connectivity index (χ2v) is 7.25.